The summed E-state index contributed by atoms with van der Waals surface area (Å²) in [7, 11) is 0. The highest BCUT2D eigenvalue weighted by atomic mass is 16.4. The molecule has 17 heteroatoms. The van der Waals surface area contributed by atoms with Crippen molar-refractivity contribution in [3.63, 3.8) is 0 Å². The minimum atomic E-state index is -1.53. The molecule has 74 heavy (non-hydrogen) atoms. The number of carbonyl (C=O) groups is 5. The van der Waals surface area contributed by atoms with Crippen molar-refractivity contribution < 1.29 is 29.1 Å². The Balaban J connectivity index is 1.46. The average molecular weight is 1000 g/mol. The molecule has 0 heterocycles. The van der Waals surface area contributed by atoms with Crippen LogP contribution in [-0.2, 0) is 24.0 Å². The molecule has 0 saturated carbocycles. The topological polar surface area (TPSA) is 304 Å². The first-order chi connectivity index (χ1) is 35.8. The summed E-state index contributed by atoms with van der Waals surface area (Å²) in [5.41, 5.74) is 21.1. The van der Waals surface area contributed by atoms with E-state index < -0.39 is 77.6 Å². The Bertz CT molecular complexity index is 2640. The second-order valence-electron chi connectivity index (χ2n) is 17.8. The number of rotatable bonds is 26. The first kappa shape index (κ1) is 54.5. The minimum absolute atomic E-state index is 0.0296. The van der Waals surface area contributed by atoms with Gasteiger partial charge in [0.1, 0.15) is 24.2 Å². The van der Waals surface area contributed by atoms with Gasteiger partial charge in [-0.3, -0.25) is 30.0 Å². The second kappa shape index (κ2) is 27.7. The van der Waals surface area contributed by atoms with Crippen LogP contribution in [0.5, 0.6) is 0 Å². The number of carboxylic acid groups (broad SMARTS) is 1. The first-order valence-corrected chi connectivity index (χ1v) is 24.5. The van der Waals surface area contributed by atoms with Crippen molar-refractivity contribution in [1.82, 2.24) is 31.9 Å². The van der Waals surface area contributed by atoms with Crippen LogP contribution in [-0.4, -0.2) is 89.9 Å². The molecular formula is C57H65N11O6. The molecule has 5 atom stereocenters. The zero-order valence-electron chi connectivity index (χ0n) is 40.9. The Morgan fingerprint density at radius 1 is 0.405 bits per heavy atom. The van der Waals surface area contributed by atoms with Gasteiger partial charge in [-0.05, 0) is 59.1 Å². The predicted octanol–water partition coefficient (Wildman–Crippen LogP) is 4.36. The molecule has 0 fully saturated rings. The monoisotopic (exact) mass is 1000 g/mol. The number of amides is 4. The highest BCUT2D eigenvalue weighted by molar-refractivity contribution is 5.97. The summed E-state index contributed by atoms with van der Waals surface area (Å²) >= 11 is 0. The third-order valence-electron chi connectivity index (χ3n) is 12.6. The number of nitrogens with two attached hydrogens (primary N) is 3. The zero-order valence-corrected chi connectivity index (χ0v) is 40.9. The summed E-state index contributed by atoms with van der Waals surface area (Å²) in [5.74, 6) is -7.46. The van der Waals surface area contributed by atoms with Crippen LogP contribution in [0.4, 0.5) is 0 Å². The third-order valence-corrected chi connectivity index (χ3v) is 12.6. The van der Waals surface area contributed by atoms with Crippen molar-refractivity contribution in [2.24, 2.45) is 17.2 Å². The molecular weight excluding hydrogens is 935 g/mol. The van der Waals surface area contributed by atoms with Gasteiger partial charge in [0.2, 0.25) is 23.6 Å². The van der Waals surface area contributed by atoms with Gasteiger partial charge < -0.3 is 54.2 Å². The fraction of sp³-hybridized carbons (Fsp3) is 0.246. The van der Waals surface area contributed by atoms with Gasteiger partial charge in [-0.15, -0.1) is 0 Å². The van der Waals surface area contributed by atoms with E-state index in [0.29, 0.717) is 46.3 Å². The van der Waals surface area contributed by atoms with Crippen LogP contribution >= 0.6 is 0 Å². The lowest BCUT2D eigenvalue weighted by atomic mass is 9.81. The van der Waals surface area contributed by atoms with Gasteiger partial charge in [-0.2, -0.15) is 0 Å². The van der Waals surface area contributed by atoms with E-state index in [1.807, 2.05) is 109 Å². The van der Waals surface area contributed by atoms with E-state index in [1.165, 1.54) is 0 Å². The lowest BCUT2D eigenvalue weighted by Crippen LogP contribution is -2.61. The largest absolute Gasteiger partial charge is 0.480 e. The third kappa shape index (κ3) is 15.6. The van der Waals surface area contributed by atoms with Gasteiger partial charge in [0.25, 0.3) is 0 Å². The fourth-order valence-electron chi connectivity index (χ4n) is 9.08. The smallest absolute Gasteiger partial charge is 0.327 e. The normalized spacial score (nSPS) is 13.1. The van der Waals surface area contributed by atoms with Crippen molar-refractivity contribution >= 4 is 41.5 Å². The number of carbonyl (C=O) groups excluding carboxylic acids is 4. The Morgan fingerprint density at radius 3 is 1.00 bits per heavy atom. The van der Waals surface area contributed by atoms with E-state index >= 15 is 9.59 Å². The summed E-state index contributed by atoms with van der Waals surface area (Å²) < 4.78 is 0. The molecule has 6 rings (SSSR count). The second-order valence-corrected chi connectivity index (χ2v) is 17.8. The number of aliphatic carboxylic acids is 1. The van der Waals surface area contributed by atoms with Crippen LogP contribution in [0.2, 0.25) is 0 Å². The number of benzene rings is 6. The fourth-order valence-corrected chi connectivity index (χ4v) is 9.08. The van der Waals surface area contributed by atoms with E-state index in [0.717, 1.165) is 0 Å². The van der Waals surface area contributed by atoms with Crippen LogP contribution in [0.1, 0.15) is 76.8 Å². The Kier molecular flexibility index (Phi) is 20.4. The molecule has 6 aromatic rings. The van der Waals surface area contributed by atoms with E-state index in [4.69, 9.17) is 28.0 Å². The molecule has 4 amide bonds. The van der Waals surface area contributed by atoms with Crippen LogP contribution in [0, 0.1) is 10.8 Å². The summed E-state index contributed by atoms with van der Waals surface area (Å²) in [6, 6.07) is 47.5. The molecule has 0 saturated heterocycles. The van der Waals surface area contributed by atoms with E-state index in [-0.39, 0.29) is 37.7 Å². The van der Waals surface area contributed by atoms with Gasteiger partial charge in [-0.1, -0.05) is 182 Å². The maximum Gasteiger partial charge on any atom is 0.327 e. The number of guanidine groups is 2. The van der Waals surface area contributed by atoms with Crippen molar-refractivity contribution in [2.75, 3.05) is 13.1 Å². The van der Waals surface area contributed by atoms with Crippen molar-refractivity contribution in [3.8, 4) is 0 Å². The highest BCUT2D eigenvalue weighted by Crippen LogP contribution is 2.33. The summed E-state index contributed by atoms with van der Waals surface area (Å²) in [5, 5.41) is 43.2. The molecule has 0 aromatic heterocycles. The molecule has 384 valence electrons. The summed E-state index contributed by atoms with van der Waals surface area (Å²) in [6.45, 7) is 0.475. The van der Waals surface area contributed by atoms with Gasteiger partial charge >= 0.3 is 5.97 Å². The minimum Gasteiger partial charge on any atom is -0.480 e. The van der Waals surface area contributed by atoms with Gasteiger partial charge in [0.15, 0.2) is 11.9 Å². The Labute approximate surface area is 431 Å². The van der Waals surface area contributed by atoms with Crippen LogP contribution in [0.25, 0.3) is 0 Å². The quantitative estimate of drug-likeness (QED) is 0.0206. The van der Waals surface area contributed by atoms with Gasteiger partial charge in [0, 0.05) is 30.8 Å². The molecule has 0 aliphatic heterocycles. The molecule has 0 unspecified atom stereocenters. The highest BCUT2D eigenvalue weighted by Gasteiger charge is 2.42. The SMILES string of the molecule is N=C(N)NCCC[C@H](NC(=O)[C@@H](N)CCCNC(=N)N)C(=O)N[C@H](C(=O)N[C@H](C(=O)N[C@H](C(=O)O)C(c1ccccc1)c1ccccc1)C(c1ccccc1)c1ccccc1)C(c1ccccc1)c1ccccc1. The van der Waals surface area contributed by atoms with Gasteiger partial charge in [-0.25, -0.2) is 4.79 Å². The van der Waals surface area contributed by atoms with Crippen LogP contribution < -0.4 is 49.1 Å². The Hall–Kier alpha value is -8.83. The number of carboxylic acids is 1. The maximum absolute atomic E-state index is 15.8. The zero-order chi connectivity index (χ0) is 52.8. The molecule has 0 bridgehead atoms. The van der Waals surface area contributed by atoms with Crippen molar-refractivity contribution in [3.05, 3.63) is 215 Å². The van der Waals surface area contributed by atoms with E-state index in [1.54, 1.807) is 72.8 Å². The van der Waals surface area contributed by atoms with Crippen LogP contribution in [0.15, 0.2) is 182 Å². The number of hydrogen-bond acceptors (Lipinski definition) is 8. The molecule has 6 aromatic carbocycles. The average Bonchev–Trinajstić information content (AvgIpc) is 3.41. The molecule has 0 radical (unpaired) electrons. The molecule has 0 spiro atoms. The number of nitrogens with one attached hydrogen (secondary N) is 8. The summed E-state index contributed by atoms with van der Waals surface area (Å²) in [4.78, 5) is 73.6. The van der Waals surface area contributed by atoms with Gasteiger partial charge in [0.05, 0.1) is 6.04 Å². The standard InChI is InChI=1S/C57H65N11O6/c58-43(33-19-35-63-56(59)60)51(69)65-44(34-20-36-64-57(61)62)52(70)66-48(45(37-21-7-1-8-22-37)38-23-9-2-10-24-38)53(71)67-49(46(39-25-11-3-12-26-39)40-27-13-4-14-28-40)54(72)68-50(55(73)74)47(41-29-15-5-16-30-41)42-31-17-6-18-32-42/h1-18,21-32,43-50H,19-20,33-36,58H2,(H,65,69)(H,66,70)(H,67,71)(H,68,72)(H,73,74)(H4,59,60,63)(H4,61,62,64)/t43-,44-,48-,49-,50-/m0/s1. The molecule has 0 aliphatic carbocycles. The number of hydrogen-bond donors (Lipinski definition) is 12. The molecule has 0 aliphatic rings. The van der Waals surface area contributed by atoms with Crippen LogP contribution in [0.3, 0.4) is 0 Å². The van der Waals surface area contributed by atoms with E-state index in [9.17, 15) is 19.5 Å². The molecule has 15 N–H and O–H groups in total. The molecule has 17 nitrogen and oxygen atoms in total. The van der Waals surface area contributed by atoms with Crippen molar-refractivity contribution in [2.45, 2.75) is 73.6 Å². The summed E-state index contributed by atoms with van der Waals surface area (Å²) in [6.07, 6.45) is 0.861. The predicted molar refractivity (Wildman–Crippen MR) is 286 cm³/mol. The lowest BCUT2D eigenvalue weighted by Gasteiger charge is -2.34. The maximum atomic E-state index is 15.8. The Morgan fingerprint density at radius 2 is 0.689 bits per heavy atom. The lowest BCUT2D eigenvalue weighted by molar-refractivity contribution is -0.142. The first-order valence-electron chi connectivity index (χ1n) is 24.5. The van der Waals surface area contributed by atoms with E-state index in [2.05, 4.69) is 31.9 Å². The van der Waals surface area contributed by atoms with Crippen molar-refractivity contribution in [1.29, 1.82) is 10.8 Å².